The van der Waals surface area contributed by atoms with Gasteiger partial charge in [-0.05, 0) is 18.1 Å². The molecule has 8 heteroatoms. The van der Waals surface area contributed by atoms with Crippen molar-refractivity contribution in [2.45, 2.75) is 19.9 Å². The largest absolute Gasteiger partial charge is 0.380 e. The van der Waals surface area contributed by atoms with Gasteiger partial charge in [-0.2, -0.15) is 0 Å². The molecule has 2 rings (SSSR count). The highest BCUT2D eigenvalue weighted by molar-refractivity contribution is 8.14. The highest BCUT2D eigenvalue weighted by Gasteiger charge is 2.30. The number of rotatable bonds is 6. The number of nitro benzene ring substituents is 1. The minimum absolute atomic E-state index is 0.0484. The van der Waals surface area contributed by atoms with Gasteiger partial charge in [-0.15, -0.1) is 0 Å². The summed E-state index contributed by atoms with van der Waals surface area (Å²) in [4.78, 5) is 34.9. The molecule has 0 unspecified atom stereocenters. The fourth-order valence-electron chi connectivity index (χ4n) is 1.95. The second kappa shape index (κ2) is 6.57. The standard InChI is InChI=1S/C13H15N3O4S/c1-2-5-14-10-4-3-9(6-11(10)16(19)20)7-15-12(17)8-21-13(15)18/h3-4,6,14H,2,5,7-8H2,1H3. The zero-order chi connectivity index (χ0) is 15.4. The lowest BCUT2D eigenvalue weighted by atomic mass is 10.1. The fraction of sp³-hybridized carbons (Fsp3) is 0.385. The Hall–Kier alpha value is -2.09. The lowest BCUT2D eigenvalue weighted by Gasteiger charge is -2.13. The number of nitro groups is 1. The zero-order valence-electron chi connectivity index (χ0n) is 11.5. The van der Waals surface area contributed by atoms with E-state index < -0.39 is 4.92 Å². The third kappa shape index (κ3) is 3.52. The molecule has 1 heterocycles. The molecule has 2 amide bonds. The molecule has 1 fully saturated rings. The summed E-state index contributed by atoms with van der Waals surface area (Å²) in [6.07, 6.45) is 0.854. The fourth-order valence-corrected chi connectivity index (χ4v) is 2.68. The number of nitrogens with zero attached hydrogens (tertiary/aromatic N) is 2. The van der Waals surface area contributed by atoms with Crippen LogP contribution in [-0.4, -0.2) is 33.3 Å². The van der Waals surface area contributed by atoms with Crippen molar-refractivity contribution >= 4 is 34.3 Å². The van der Waals surface area contributed by atoms with Gasteiger partial charge in [0.15, 0.2) is 0 Å². The van der Waals surface area contributed by atoms with Crippen LogP contribution in [0, 0.1) is 10.1 Å². The number of nitrogens with one attached hydrogen (secondary N) is 1. The maximum absolute atomic E-state index is 11.6. The smallest absolute Gasteiger partial charge is 0.292 e. The van der Waals surface area contributed by atoms with Gasteiger partial charge in [0.1, 0.15) is 5.69 Å². The summed E-state index contributed by atoms with van der Waals surface area (Å²) in [5.41, 5.74) is 0.958. The van der Waals surface area contributed by atoms with Crippen molar-refractivity contribution in [1.82, 2.24) is 4.90 Å². The van der Waals surface area contributed by atoms with Crippen LogP contribution < -0.4 is 5.32 Å². The van der Waals surface area contributed by atoms with E-state index in [1.165, 1.54) is 6.07 Å². The Bertz CT molecular complexity index is 575. The number of thioether (sulfide) groups is 1. The number of hydrogen-bond acceptors (Lipinski definition) is 6. The van der Waals surface area contributed by atoms with Gasteiger partial charge in [-0.3, -0.25) is 24.6 Å². The Labute approximate surface area is 125 Å². The van der Waals surface area contributed by atoms with E-state index in [2.05, 4.69) is 5.32 Å². The summed E-state index contributed by atoms with van der Waals surface area (Å²) in [5, 5.41) is 13.8. The first-order valence-electron chi connectivity index (χ1n) is 6.51. The number of carbonyl (C=O) groups is 2. The molecule has 0 radical (unpaired) electrons. The van der Waals surface area contributed by atoms with E-state index in [-0.39, 0.29) is 29.1 Å². The highest BCUT2D eigenvalue weighted by atomic mass is 32.2. The molecular weight excluding hydrogens is 294 g/mol. The van der Waals surface area contributed by atoms with Crippen molar-refractivity contribution in [3.63, 3.8) is 0 Å². The molecule has 0 aliphatic carbocycles. The molecule has 0 spiro atoms. The van der Waals surface area contributed by atoms with E-state index in [0.717, 1.165) is 23.1 Å². The molecule has 21 heavy (non-hydrogen) atoms. The van der Waals surface area contributed by atoms with E-state index in [1.54, 1.807) is 12.1 Å². The van der Waals surface area contributed by atoms with Crippen molar-refractivity contribution in [2.75, 3.05) is 17.6 Å². The summed E-state index contributed by atoms with van der Waals surface area (Å²) in [7, 11) is 0. The Morgan fingerprint density at radius 1 is 1.43 bits per heavy atom. The van der Waals surface area contributed by atoms with Crippen molar-refractivity contribution in [2.24, 2.45) is 0 Å². The van der Waals surface area contributed by atoms with E-state index in [4.69, 9.17) is 0 Å². The van der Waals surface area contributed by atoms with Gasteiger partial charge in [0.2, 0.25) is 5.91 Å². The first-order valence-corrected chi connectivity index (χ1v) is 7.49. The molecule has 1 aromatic rings. The van der Waals surface area contributed by atoms with E-state index in [0.29, 0.717) is 17.8 Å². The Morgan fingerprint density at radius 2 is 2.19 bits per heavy atom. The van der Waals surface area contributed by atoms with Gasteiger partial charge >= 0.3 is 0 Å². The molecule has 0 atom stereocenters. The van der Waals surface area contributed by atoms with Crippen LogP contribution >= 0.6 is 11.8 Å². The zero-order valence-corrected chi connectivity index (χ0v) is 12.3. The SMILES string of the molecule is CCCNc1ccc(CN2C(=O)CSC2=O)cc1[N+](=O)[O-]. The lowest BCUT2D eigenvalue weighted by molar-refractivity contribution is -0.384. The van der Waals surface area contributed by atoms with Crippen LogP contribution in [0.1, 0.15) is 18.9 Å². The number of benzene rings is 1. The predicted octanol–water partition coefficient (Wildman–Crippen LogP) is 2.61. The summed E-state index contributed by atoms with van der Waals surface area (Å²) < 4.78 is 0. The molecule has 1 saturated heterocycles. The molecule has 1 N–H and O–H groups in total. The maximum Gasteiger partial charge on any atom is 0.292 e. The first kappa shape index (κ1) is 15.3. The van der Waals surface area contributed by atoms with Gasteiger partial charge in [-0.1, -0.05) is 24.8 Å². The Kier molecular flexibility index (Phi) is 4.79. The van der Waals surface area contributed by atoms with Gasteiger partial charge in [-0.25, -0.2) is 0 Å². The summed E-state index contributed by atoms with van der Waals surface area (Å²) in [6.45, 7) is 2.68. The average Bonchev–Trinajstić information content (AvgIpc) is 2.77. The number of amides is 2. The molecule has 1 aliphatic rings. The topological polar surface area (TPSA) is 92.6 Å². The van der Waals surface area contributed by atoms with E-state index in [9.17, 15) is 19.7 Å². The summed E-state index contributed by atoms with van der Waals surface area (Å²) >= 11 is 0.949. The molecule has 1 aromatic carbocycles. The van der Waals surface area contributed by atoms with Gasteiger partial charge in [0.05, 0.1) is 17.2 Å². The van der Waals surface area contributed by atoms with Crippen LogP contribution in [0.3, 0.4) is 0 Å². The normalized spacial score (nSPS) is 14.6. The predicted molar refractivity (Wildman–Crippen MR) is 80.3 cm³/mol. The van der Waals surface area contributed by atoms with Gasteiger partial charge in [0, 0.05) is 12.6 Å². The highest BCUT2D eigenvalue weighted by Crippen LogP contribution is 2.28. The molecule has 0 bridgehead atoms. The second-order valence-electron chi connectivity index (χ2n) is 4.57. The second-order valence-corrected chi connectivity index (χ2v) is 5.50. The van der Waals surface area contributed by atoms with E-state index >= 15 is 0 Å². The van der Waals surface area contributed by atoms with Crippen LogP contribution in [0.2, 0.25) is 0 Å². The molecule has 1 aliphatic heterocycles. The number of anilines is 1. The molecule has 112 valence electrons. The number of imide groups is 1. The summed E-state index contributed by atoms with van der Waals surface area (Å²) in [6, 6.07) is 4.71. The van der Waals surface area contributed by atoms with Crippen LogP contribution in [0.4, 0.5) is 16.2 Å². The molecule has 0 saturated carbocycles. The Balaban J connectivity index is 2.21. The molecule has 7 nitrogen and oxygen atoms in total. The number of carbonyl (C=O) groups excluding carboxylic acids is 2. The minimum Gasteiger partial charge on any atom is -0.380 e. The van der Waals surface area contributed by atoms with Crippen LogP contribution in [-0.2, 0) is 11.3 Å². The van der Waals surface area contributed by atoms with Crippen LogP contribution in [0.5, 0.6) is 0 Å². The third-order valence-electron chi connectivity index (χ3n) is 3.01. The van der Waals surface area contributed by atoms with E-state index in [1.807, 2.05) is 6.92 Å². The monoisotopic (exact) mass is 309 g/mol. The van der Waals surface area contributed by atoms with Crippen molar-refractivity contribution in [1.29, 1.82) is 0 Å². The Morgan fingerprint density at radius 3 is 2.76 bits per heavy atom. The van der Waals surface area contributed by atoms with Crippen LogP contribution in [0.25, 0.3) is 0 Å². The maximum atomic E-state index is 11.6. The quantitative estimate of drug-likeness (QED) is 0.641. The lowest BCUT2D eigenvalue weighted by Crippen LogP contribution is -2.27. The molecular formula is C13H15N3O4S. The van der Waals surface area contributed by atoms with Crippen LogP contribution in [0.15, 0.2) is 18.2 Å². The third-order valence-corrected chi connectivity index (χ3v) is 3.86. The first-order chi connectivity index (χ1) is 10.0. The van der Waals surface area contributed by atoms with Gasteiger partial charge < -0.3 is 5.32 Å². The summed E-state index contributed by atoms with van der Waals surface area (Å²) in [5.74, 6) is -0.127. The number of hydrogen-bond donors (Lipinski definition) is 1. The van der Waals surface area contributed by atoms with Crippen molar-refractivity contribution in [3.8, 4) is 0 Å². The minimum atomic E-state index is -0.468. The van der Waals surface area contributed by atoms with Crippen molar-refractivity contribution < 1.29 is 14.5 Å². The average molecular weight is 309 g/mol. The molecule has 0 aromatic heterocycles. The van der Waals surface area contributed by atoms with Crippen molar-refractivity contribution in [3.05, 3.63) is 33.9 Å². The van der Waals surface area contributed by atoms with Gasteiger partial charge in [0.25, 0.3) is 10.9 Å².